The molecule has 1 aliphatic rings. The van der Waals surface area contributed by atoms with E-state index in [1.165, 1.54) is 29.5 Å². The maximum absolute atomic E-state index is 2.22. The zero-order valence-corrected chi connectivity index (χ0v) is 7.96. The molecule has 0 atom stereocenters. The molecule has 0 heterocycles. The quantitative estimate of drug-likeness (QED) is 0.602. The van der Waals surface area contributed by atoms with Crippen molar-refractivity contribution in [3.63, 3.8) is 0 Å². The van der Waals surface area contributed by atoms with E-state index in [0.717, 1.165) is 0 Å². The fourth-order valence-corrected chi connectivity index (χ4v) is 1.61. The molecule has 0 saturated heterocycles. The number of hydrogen-bond acceptors (Lipinski definition) is 0. The summed E-state index contributed by atoms with van der Waals surface area (Å²) < 4.78 is 0. The van der Waals surface area contributed by atoms with Gasteiger partial charge in [0.2, 0.25) is 0 Å². The fourth-order valence-electron chi connectivity index (χ4n) is 1.61. The van der Waals surface area contributed by atoms with E-state index in [-0.39, 0.29) is 0 Å². The van der Waals surface area contributed by atoms with Crippen molar-refractivity contribution in [1.82, 2.24) is 0 Å². The van der Waals surface area contributed by atoms with E-state index in [9.17, 15) is 0 Å². The molecule has 0 unspecified atom stereocenters. The molecular weight excluding hydrogens is 156 g/mol. The van der Waals surface area contributed by atoms with Crippen LogP contribution in [0.5, 0.6) is 0 Å². The van der Waals surface area contributed by atoms with Gasteiger partial charge in [0.25, 0.3) is 0 Å². The molecule has 0 aromatic heterocycles. The second kappa shape index (κ2) is 3.61. The summed E-state index contributed by atoms with van der Waals surface area (Å²) in [4.78, 5) is 0. The smallest absolute Gasteiger partial charge is 0.0224 e. The average Bonchev–Trinajstić information content (AvgIpc) is 2.20. The van der Waals surface area contributed by atoms with E-state index < -0.39 is 0 Å². The van der Waals surface area contributed by atoms with Crippen LogP contribution in [0, 0.1) is 6.92 Å². The fraction of sp³-hybridized carbons (Fsp3) is 0.231. The summed E-state index contributed by atoms with van der Waals surface area (Å²) in [5, 5.41) is 0. The van der Waals surface area contributed by atoms with Crippen LogP contribution in [-0.4, -0.2) is 0 Å². The molecule has 0 N–H and O–H groups in total. The van der Waals surface area contributed by atoms with Crippen molar-refractivity contribution < 1.29 is 0 Å². The first-order valence-electron chi connectivity index (χ1n) is 4.79. The Morgan fingerprint density at radius 3 is 2.46 bits per heavy atom. The minimum absolute atomic E-state index is 1.18. The van der Waals surface area contributed by atoms with Crippen molar-refractivity contribution in [3.05, 3.63) is 53.6 Å². The van der Waals surface area contributed by atoms with Crippen LogP contribution in [0.25, 0.3) is 5.57 Å². The highest BCUT2D eigenvalue weighted by molar-refractivity contribution is 5.68. The van der Waals surface area contributed by atoms with Gasteiger partial charge in [0.1, 0.15) is 0 Å². The normalized spacial score (nSPS) is 15.6. The molecule has 1 aromatic rings. The number of hydrogen-bond donors (Lipinski definition) is 0. The van der Waals surface area contributed by atoms with Gasteiger partial charge in [0, 0.05) is 0 Å². The van der Waals surface area contributed by atoms with Crippen LogP contribution in [0.3, 0.4) is 0 Å². The maximum atomic E-state index is 2.22. The summed E-state index contributed by atoms with van der Waals surface area (Å²) >= 11 is 0. The Bertz CT molecular complexity index is 339. The average molecular weight is 170 g/mol. The van der Waals surface area contributed by atoms with Gasteiger partial charge in [-0.2, -0.15) is 0 Å². The minimum Gasteiger partial charge on any atom is -0.0842 e. The highest BCUT2D eigenvalue weighted by Gasteiger charge is 2.01. The molecule has 1 aromatic carbocycles. The van der Waals surface area contributed by atoms with Crippen LogP contribution in [0.1, 0.15) is 24.0 Å². The monoisotopic (exact) mass is 170 g/mol. The van der Waals surface area contributed by atoms with Gasteiger partial charge in [-0.25, -0.2) is 0 Å². The van der Waals surface area contributed by atoms with E-state index in [1.54, 1.807) is 0 Å². The Morgan fingerprint density at radius 2 is 1.85 bits per heavy atom. The summed E-state index contributed by atoms with van der Waals surface area (Å²) in [7, 11) is 0. The first kappa shape index (κ1) is 8.31. The van der Waals surface area contributed by atoms with Crippen molar-refractivity contribution in [2.24, 2.45) is 0 Å². The van der Waals surface area contributed by atoms with E-state index in [1.807, 2.05) is 0 Å². The van der Waals surface area contributed by atoms with Crippen molar-refractivity contribution in [2.45, 2.75) is 19.8 Å². The maximum Gasteiger partial charge on any atom is -0.0224 e. The second-order valence-electron chi connectivity index (χ2n) is 3.52. The second-order valence-corrected chi connectivity index (χ2v) is 3.52. The first-order chi connectivity index (χ1) is 6.36. The molecule has 0 heteroatoms. The van der Waals surface area contributed by atoms with Crippen LogP contribution in [-0.2, 0) is 0 Å². The van der Waals surface area contributed by atoms with Crippen LogP contribution < -0.4 is 0 Å². The molecule has 13 heavy (non-hydrogen) atoms. The van der Waals surface area contributed by atoms with Crippen LogP contribution in [0.2, 0.25) is 0 Å². The zero-order valence-electron chi connectivity index (χ0n) is 7.96. The standard InChI is InChI=1S/C13H14/c1-11-7-9-13(10-8-11)12-5-3-2-4-6-12/h2-3,5,7-10H,4,6H2,1H3. The van der Waals surface area contributed by atoms with Gasteiger partial charge in [-0.05, 0) is 30.9 Å². The minimum atomic E-state index is 1.18. The summed E-state index contributed by atoms with van der Waals surface area (Å²) in [6, 6.07) is 8.77. The zero-order chi connectivity index (χ0) is 9.10. The third-order valence-electron chi connectivity index (χ3n) is 2.44. The van der Waals surface area contributed by atoms with E-state index in [2.05, 4.69) is 49.4 Å². The molecule has 66 valence electrons. The topological polar surface area (TPSA) is 0 Å². The molecule has 0 amide bonds. The first-order valence-corrected chi connectivity index (χ1v) is 4.79. The molecule has 0 aliphatic heterocycles. The Morgan fingerprint density at radius 1 is 1.08 bits per heavy atom. The predicted molar refractivity (Wildman–Crippen MR) is 57.5 cm³/mol. The lowest BCUT2D eigenvalue weighted by molar-refractivity contribution is 1.05. The molecule has 0 nitrogen and oxygen atoms in total. The molecule has 0 bridgehead atoms. The van der Waals surface area contributed by atoms with Gasteiger partial charge in [-0.1, -0.05) is 48.1 Å². The van der Waals surface area contributed by atoms with Crippen LogP contribution in [0.4, 0.5) is 0 Å². The van der Waals surface area contributed by atoms with Gasteiger partial charge in [-0.15, -0.1) is 0 Å². The molecule has 2 rings (SSSR count). The lowest BCUT2D eigenvalue weighted by atomic mass is 9.97. The number of benzene rings is 1. The summed E-state index contributed by atoms with van der Waals surface area (Å²) in [5.41, 5.74) is 4.16. The summed E-state index contributed by atoms with van der Waals surface area (Å²) in [5.74, 6) is 0. The van der Waals surface area contributed by atoms with Crippen LogP contribution >= 0.6 is 0 Å². The van der Waals surface area contributed by atoms with Crippen molar-refractivity contribution in [1.29, 1.82) is 0 Å². The van der Waals surface area contributed by atoms with Gasteiger partial charge < -0.3 is 0 Å². The molecule has 0 fully saturated rings. The summed E-state index contributed by atoms with van der Waals surface area (Å²) in [6.07, 6.45) is 8.95. The number of rotatable bonds is 1. The van der Waals surface area contributed by atoms with E-state index in [4.69, 9.17) is 0 Å². The van der Waals surface area contributed by atoms with Gasteiger partial charge >= 0.3 is 0 Å². The van der Waals surface area contributed by atoms with Gasteiger partial charge in [0.15, 0.2) is 0 Å². The molecule has 0 spiro atoms. The largest absolute Gasteiger partial charge is 0.0842 e. The predicted octanol–water partition coefficient (Wildman–Crippen LogP) is 3.73. The lowest BCUT2D eigenvalue weighted by Gasteiger charge is -2.08. The Hall–Kier alpha value is -1.30. The molecule has 0 radical (unpaired) electrons. The van der Waals surface area contributed by atoms with Crippen molar-refractivity contribution >= 4 is 5.57 Å². The molecular formula is C13H14. The number of allylic oxidation sites excluding steroid dienone is 4. The van der Waals surface area contributed by atoms with Gasteiger partial charge in [-0.3, -0.25) is 0 Å². The SMILES string of the molecule is Cc1ccc(C2=CC=CCC2)cc1. The highest BCUT2D eigenvalue weighted by Crippen LogP contribution is 2.23. The third kappa shape index (κ3) is 1.89. The lowest BCUT2D eigenvalue weighted by Crippen LogP contribution is -1.87. The van der Waals surface area contributed by atoms with E-state index >= 15 is 0 Å². The van der Waals surface area contributed by atoms with Crippen molar-refractivity contribution in [3.8, 4) is 0 Å². The van der Waals surface area contributed by atoms with Crippen LogP contribution in [0.15, 0.2) is 42.5 Å². The number of aryl methyl sites for hydroxylation is 1. The highest BCUT2D eigenvalue weighted by atomic mass is 14.1. The molecule has 1 aliphatic carbocycles. The summed E-state index contributed by atoms with van der Waals surface area (Å²) in [6.45, 7) is 2.12. The van der Waals surface area contributed by atoms with E-state index in [0.29, 0.717) is 0 Å². The third-order valence-corrected chi connectivity index (χ3v) is 2.44. The van der Waals surface area contributed by atoms with Gasteiger partial charge in [0.05, 0.1) is 0 Å². The Labute approximate surface area is 79.6 Å². The Balaban J connectivity index is 2.30. The molecule has 0 saturated carbocycles. The Kier molecular flexibility index (Phi) is 2.31. The van der Waals surface area contributed by atoms with Crippen molar-refractivity contribution in [2.75, 3.05) is 0 Å².